The summed E-state index contributed by atoms with van der Waals surface area (Å²) in [6, 6.07) is 10.5. The predicted octanol–water partition coefficient (Wildman–Crippen LogP) is 2.40. The van der Waals surface area contributed by atoms with Gasteiger partial charge in [-0.25, -0.2) is 4.68 Å². The first-order valence-corrected chi connectivity index (χ1v) is 6.27. The molecule has 4 nitrogen and oxygen atoms in total. The van der Waals surface area contributed by atoms with Gasteiger partial charge in [-0.05, 0) is 36.6 Å². The molecule has 2 aromatic rings. The molecule has 0 radical (unpaired) electrons. The fourth-order valence-electron chi connectivity index (χ4n) is 2.13. The zero-order valence-electron chi connectivity index (χ0n) is 10.5. The van der Waals surface area contributed by atoms with Crippen molar-refractivity contribution in [3.63, 3.8) is 0 Å². The fraction of sp³-hybridized carbons (Fsp3) is 0.357. The molecule has 1 aromatic heterocycles. The molecule has 1 fully saturated rings. The van der Waals surface area contributed by atoms with E-state index in [4.69, 9.17) is 4.84 Å². The van der Waals surface area contributed by atoms with E-state index in [1.54, 1.807) is 7.11 Å². The van der Waals surface area contributed by atoms with E-state index >= 15 is 0 Å². The van der Waals surface area contributed by atoms with E-state index < -0.39 is 0 Å². The van der Waals surface area contributed by atoms with Gasteiger partial charge in [0.05, 0.1) is 12.8 Å². The van der Waals surface area contributed by atoms with E-state index in [0.717, 1.165) is 5.69 Å². The number of hydrogen-bond acceptors (Lipinski definition) is 3. The average molecular weight is 243 g/mol. The lowest BCUT2D eigenvalue weighted by atomic mass is 10.2. The third kappa shape index (κ3) is 2.30. The SMILES string of the molecule is CONCc1ccc(-n2nccc2C2CC2)cc1. The lowest BCUT2D eigenvalue weighted by Crippen LogP contribution is -2.10. The van der Waals surface area contributed by atoms with Crippen LogP contribution < -0.4 is 5.48 Å². The van der Waals surface area contributed by atoms with Crippen molar-refractivity contribution in [1.82, 2.24) is 15.3 Å². The maximum absolute atomic E-state index is 4.84. The summed E-state index contributed by atoms with van der Waals surface area (Å²) in [6.07, 6.45) is 4.47. The van der Waals surface area contributed by atoms with Crippen molar-refractivity contribution < 1.29 is 4.84 Å². The largest absolute Gasteiger partial charge is 0.305 e. The molecule has 18 heavy (non-hydrogen) atoms. The number of nitrogens with zero attached hydrogens (tertiary/aromatic N) is 2. The van der Waals surface area contributed by atoms with Gasteiger partial charge >= 0.3 is 0 Å². The number of nitrogens with one attached hydrogen (secondary N) is 1. The Labute approximate surface area is 107 Å². The van der Waals surface area contributed by atoms with Crippen LogP contribution in [0.25, 0.3) is 5.69 Å². The molecule has 4 heteroatoms. The first-order chi connectivity index (χ1) is 8.88. The summed E-state index contributed by atoms with van der Waals surface area (Å²) in [6.45, 7) is 0.714. The van der Waals surface area contributed by atoms with Gasteiger partial charge in [0.25, 0.3) is 0 Å². The first-order valence-electron chi connectivity index (χ1n) is 6.27. The predicted molar refractivity (Wildman–Crippen MR) is 69.4 cm³/mol. The first kappa shape index (κ1) is 11.4. The summed E-state index contributed by atoms with van der Waals surface area (Å²) in [4.78, 5) is 4.84. The Morgan fingerprint density at radius 3 is 2.72 bits per heavy atom. The Hall–Kier alpha value is -1.65. The standard InChI is InChI=1S/C14H17N3O/c1-18-16-10-11-2-6-13(7-3-11)17-14(8-9-15-17)12-4-5-12/h2-3,6-9,12,16H,4-5,10H2,1H3. The zero-order valence-corrected chi connectivity index (χ0v) is 10.5. The molecular weight excluding hydrogens is 226 g/mol. The Kier molecular flexibility index (Phi) is 3.13. The highest BCUT2D eigenvalue weighted by atomic mass is 16.6. The topological polar surface area (TPSA) is 39.1 Å². The molecular formula is C14H17N3O. The summed E-state index contributed by atoms with van der Waals surface area (Å²) in [5.41, 5.74) is 6.49. The van der Waals surface area contributed by atoms with Crippen LogP contribution in [0.1, 0.15) is 30.0 Å². The van der Waals surface area contributed by atoms with Gasteiger partial charge in [0, 0.05) is 24.4 Å². The Morgan fingerprint density at radius 2 is 2.06 bits per heavy atom. The van der Waals surface area contributed by atoms with Crippen molar-refractivity contribution in [2.24, 2.45) is 0 Å². The number of hydroxylamine groups is 1. The quantitative estimate of drug-likeness (QED) is 0.820. The summed E-state index contributed by atoms with van der Waals surface area (Å²) in [7, 11) is 1.63. The lowest BCUT2D eigenvalue weighted by Gasteiger charge is -2.08. The highest BCUT2D eigenvalue weighted by Crippen LogP contribution is 2.40. The molecule has 1 aliphatic carbocycles. The van der Waals surface area contributed by atoms with Crippen LogP contribution in [0.5, 0.6) is 0 Å². The van der Waals surface area contributed by atoms with Crippen molar-refractivity contribution >= 4 is 0 Å². The molecule has 0 aliphatic heterocycles. The molecule has 1 heterocycles. The second-order valence-electron chi connectivity index (χ2n) is 4.63. The van der Waals surface area contributed by atoms with Crippen LogP contribution in [-0.2, 0) is 11.4 Å². The van der Waals surface area contributed by atoms with Crippen LogP contribution >= 0.6 is 0 Å². The fourth-order valence-corrected chi connectivity index (χ4v) is 2.13. The molecule has 1 aliphatic rings. The van der Waals surface area contributed by atoms with Crippen molar-refractivity contribution in [2.75, 3.05) is 7.11 Å². The minimum absolute atomic E-state index is 0.710. The van der Waals surface area contributed by atoms with Gasteiger partial charge in [-0.1, -0.05) is 12.1 Å². The van der Waals surface area contributed by atoms with Crippen LogP contribution in [-0.4, -0.2) is 16.9 Å². The lowest BCUT2D eigenvalue weighted by molar-refractivity contribution is 0.0867. The van der Waals surface area contributed by atoms with Crippen molar-refractivity contribution in [3.05, 3.63) is 47.8 Å². The summed E-state index contributed by atoms with van der Waals surface area (Å²) < 4.78 is 2.05. The number of hydrogen-bond donors (Lipinski definition) is 1. The minimum Gasteiger partial charge on any atom is -0.305 e. The van der Waals surface area contributed by atoms with Gasteiger partial charge in [-0.15, -0.1) is 0 Å². The molecule has 0 amide bonds. The van der Waals surface area contributed by atoms with Gasteiger partial charge in [-0.3, -0.25) is 0 Å². The Balaban J connectivity index is 1.81. The molecule has 0 atom stereocenters. The molecule has 0 unspecified atom stereocenters. The Bertz CT molecular complexity index is 514. The molecule has 94 valence electrons. The monoisotopic (exact) mass is 243 g/mol. The third-order valence-corrected chi connectivity index (χ3v) is 3.27. The highest BCUT2D eigenvalue weighted by Gasteiger charge is 2.27. The molecule has 0 bridgehead atoms. The normalized spacial score (nSPS) is 14.9. The van der Waals surface area contributed by atoms with Gasteiger partial charge in [0.15, 0.2) is 0 Å². The van der Waals surface area contributed by atoms with Crippen LogP contribution in [0, 0.1) is 0 Å². The molecule has 1 N–H and O–H groups in total. The van der Waals surface area contributed by atoms with Crippen molar-refractivity contribution in [2.45, 2.75) is 25.3 Å². The molecule has 3 rings (SSSR count). The van der Waals surface area contributed by atoms with Crippen LogP contribution in [0.4, 0.5) is 0 Å². The summed E-state index contributed by atoms with van der Waals surface area (Å²) in [5, 5.41) is 4.42. The molecule has 1 aromatic carbocycles. The van der Waals surface area contributed by atoms with Gasteiger partial charge in [0.1, 0.15) is 0 Å². The maximum atomic E-state index is 4.84. The second kappa shape index (κ2) is 4.92. The molecule has 0 spiro atoms. The Morgan fingerprint density at radius 1 is 1.28 bits per heavy atom. The van der Waals surface area contributed by atoms with E-state index in [2.05, 4.69) is 40.9 Å². The van der Waals surface area contributed by atoms with Gasteiger partial charge in [0.2, 0.25) is 0 Å². The maximum Gasteiger partial charge on any atom is 0.0649 e. The number of aromatic nitrogens is 2. The summed E-state index contributed by atoms with van der Waals surface area (Å²) in [5.74, 6) is 0.710. The van der Waals surface area contributed by atoms with Crippen LogP contribution in [0.3, 0.4) is 0 Å². The van der Waals surface area contributed by atoms with Gasteiger partial charge < -0.3 is 4.84 Å². The van der Waals surface area contributed by atoms with E-state index in [1.165, 1.54) is 24.1 Å². The van der Waals surface area contributed by atoms with Crippen molar-refractivity contribution in [3.8, 4) is 5.69 Å². The van der Waals surface area contributed by atoms with E-state index in [9.17, 15) is 0 Å². The van der Waals surface area contributed by atoms with E-state index in [1.807, 2.05) is 10.9 Å². The smallest absolute Gasteiger partial charge is 0.0649 e. The molecule has 1 saturated carbocycles. The van der Waals surface area contributed by atoms with Gasteiger partial charge in [-0.2, -0.15) is 10.6 Å². The number of benzene rings is 1. The van der Waals surface area contributed by atoms with E-state index in [0.29, 0.717) is 12.5 Å². The third-order valence-electron chi connectivity index (χ3n) is 3.27. The summed E-state index contributed by atoms with van der Waals surface area (Å²) >= 11 is 0. The average Bonchev–Trinajstić information content (AvgIpc) is 3.15. The van der Waals surface area contributed by atoms with Crippen LogP contribution in [0.15, 0.2) is 36.5 Å². The highest BCUT2D eigenvalue weighted by molar-refractivity contribution is 5.36. The zero-order chi connectivity index (χ0) is 12.4. The van der Waals surface area contributed by atoms with Crippen LogP contribution in [0.2, 0.25) is 0 Å². The number of rotatable bonds is 5. The molecule has 0 saturated heterocycles. The van der Waals surface area contributed by atoms with Crippen molar-refractivity contribution in [1.29, 1.82) is 0 Å². The second-order valence-corrected chi connectivity index (χ2v) is 4.63. The van der Waals surface area contributed by atoms with E-state index in [-0.39, 0.29) is 0 Å². The minimum atomic E-state index is 0.710.